The van der Waals surface area contributed by atoms with Gasteiger partial charge in [0.15, 0.2) is 12.6 Å². The molecule has 0 aromatic carbocycles. The number of methoxy groups -OCH3 is 1. The van der Waals surface area contributed by atoms with Gasteiger partial charge in [-0.15, -0.1) is 0 Å². The molecule has 4 aliphatic heterocycles. The molecule has 4 aliphatic rings. The first-order valence-electron chi connectivity index (χ1n) is 18.3. The molecule has 0 aliphatic carbocycles. The van der Waals surface area contributed by atoms with E-state index in [0.717, 1.165) is 5.57 Å². The Kier molecular flexibility index (Phi) is 12.6. The van der Waals surface area contributed by atoms with Crippen LogP contribution in [-0.4, -0.2) is 125 Å². The van der Waals surface area contributed by atoms with Crippen molar-refractivity contribution in [2.45, 2.75) is 179 Å². The van der Waals surface area contributed by atoms with Gasteiger partial charge < -0.3 is 54.0 Å². The van der Waals surface area contributed by atoms with E-state index in [1.165, 1.54) is 0 Å². The smallest absolute Gasteiger partial charge is 0.225 e. The van der Waals surface area contributed by atoms with Crippen molar-refractivity contribution in [1.82, 2.24) is 10.2 Å². The highest BCUT2D eigenvalue weighted by Crippen LogP contribution is 2.47. The van der Waals surface area contributed by atoms with Crippen molar-refractivity contribution in [1.29, 1.82) is 0 Å². The number of aliphatic hydroxyl groups is 3. The van der Waals surface area contributed by atoms with Crippen LogP contribution in [0.3, 0.4) is 0 Å². The third kappa shape index (κ3) is 8.33. The van der Waals surface area contributed by atoms with Crippen molar-refractivity contribution < 1.29 is 48.5 Å². The van der Waals surface area contributed by atoms with Gasteiger partial charge in [-0.05, 0) is 74.1 Å². The van der Waals surface area contributed by atoms with Crippen molar-refractivity contribution in [3.8, 4) is 0 Å². The zero-order valence-electron chi connectivity index (χ0n) is 32.2. The summed E-state index contributed by atoms with van der Waals surface area (Å²) in [5.41, 5.74) is -2.24. The van der Waals surface area contributed by atoms with E-state index in [2.05, 4.69) is 5.32 Å². The van der Waals surface area contributed by atoms with Crippen LogP contribution in [0.2, 0.25) is 0 Å². The second-order valence-electron chi connectivity index (χ2n) is 16.5. The zero-order chi connectivity index (χ0) is 36.8. The number of hydrogen-bond donors (Lipinski definition) is 4. The molecule has 0 radical (unpaired) electrons. The zero-order valence-corrected chi connectivity index (χ0v) is 32.2. The van der Waals surface area contributed by atoms with Crippen LogP contribution in [-0.2, 0) is 33.2 Å². The molecule has 1 amide bonds. The lowest BCUT2D eigenvalue weighted by Crippen LogP contribution is -2.61. The Hall–Kier alpha value is -1.35. The van der Waals surface area contributed by atoms with Crippen molar-refractivity contribution >= 4 is 5.91 Å². The third-order valence-corrected chi connectivity index (χ3v) is 11.9. The summed E-state index contributed by atoms with van der Waals surface area (Å²) in [6, 6.07) is -0.953. The van der Waals surface area contributed by atoms with Crippen LogP contribution in [0.5, 0.6) is 0 Å². The molecular weight excluding hydrogens is 632 g/mol. The summed E-state index contributed by atoms with van der Waals surface area (Å²) in [6.45, 7) is 19.0. The van der Waals surface area contributed by atoms with E-state index in [0.29, 0.717) is 37.9 Å². The van der Waals surface area contributed by atoms with Crippen LogP contribution >= 0.6 is 0 Å². The van der Waals surface area contributed by atoms with Crippen molar-refractivity contribution in [2.24, 2.45) is 17.8 Å². The molecule has 2 unspecified atom stereocenters. The van der Waals surface area contributed by atoms with Crippen molar-refractivity contribution in [2.75, 3.05) is 21.2 Å². The number of likely N-dealkylation sites (N-methyl/N-ethyl adjacent to an activating group) is 1. The summed E-state index contributed by atoms with van der Waals surface area (Å²) >= 11 is 0. The fourth-order valence-electron chi connectivity index (χ4n) is 8.91. The van der Waals surface area contributed by atoms with E-state index in [4.69, 9.17) is 28.4 Å². The first kappa shape index (κ1) is 40.4. The Morgan fingerprint density at radius 3 is 2.22 bits per heavy atom. The summed E-state index contributed by atoms with van der Waals surface area (Å²) < 4.78 is 39.1. The number of ether oxygens (including phenoxy) is 6. The molecule has 2 bridgehead atoms. The lowest BCUT2D eigenvalue weighted by Gasteiger charge is -2.48. The molecular formula is C37H66N2O10. The standard InChI is InChI=1S/C37H66N2O10/c1-14-26-37(10,43)31(41)22(5)29-19(2)16-36(9,49-29)32(48-34-28(40)25(39(11)12)15-20(3)46-34)23(6)30(24(7)33(42)38-26)47-27-18-35(8,44-13)17-21(4)45-27/h20-28,30-32,34,40-41,43H,14-18H2,1-13H3,(H,38,42)/t20-,21+,22+,23+,24-,25+,26-,27?,28-,30+,31-,32-,34?,35+,36-,37-/m1/s1. The molecule has 0 spiro atoms. The predicted molar refractivity (Wildman–Crippen MR) is 184 cm³/mol. The predicted octanol–water partition coefficient (Wildman–Crippen LogP) is 3.49. The van der Waals surface area contributed by atoms with Gasteiger partial charge in [-0.25, -0.2) is 0 Å². The van der Waals surface area contributed by atoms with Crippen LogP contribution in [0.15, 0.2) is 11.3 Å². The number of fused-ring (bicyclic) bond motifs is 2. The second-order valence-corrected chi connectivity index (χ2v) is 16.5. The van der Waals surface area contributed by atoms with Gasteiger partial charge >= 0.3 is 0 Å². The third-order valence-electron chi connectivity index (χ3n) is 11.9. The summed E-state index contributed by atoms with van der Waals surface area (Å²) in [4.78, 5) is 16.2. The van der Waals surface area contributed by atoms with Gasteiger partial charge in [0.25, 0.3) is 0 Å². The fourth-order valence-corrected chi connectivity index (χ4v) is 8.91. The molecule has 4 rings (SSSR count). The summed E-state index contributed by atoms with van der Waals surface area (Å²) in [7, 11) is 5.55. The second kappa shape index (κ2) is 15.3. The lowest BCUT2D eigenvalue weighted by molar-refractivity contribution is -0.308. The average molecular weight is 699 g/mol. The van der Waals surface area contributed by atoms with Gasteiger partial charge in [-0.3, -0.25) is 4.79 Å². The monoisotopic (exact) mass is 698 g/mol. The molecule has 12 heteroatoms. The highest BCUT2D eigenvalue weighted by Gasteiger charge is 2.55. The summed E-state index contributed by atoms with van der Waals surface area (Å²) in [5.74, 6) is -1.60. The molecule has 0 aromatic rings. The maximum Gasteiger partial charge on any atom is 0.225 e. The number of amides is 1. The normalized spacial score (nSPS) is 48.8. The molecule has 4 N–H and O–H groups in total. The first-order valence-corrected chi connectivity index (χ1v) is 18.3. The van der Waals surface area contributed by atoms with Crippen LogP contribution in [0.25, 0.3) is 0 Å². The van der Waals surface area contributed by atoms with Crippen LogP contribution in [0.1, 0.15) is 101 Å². The number of nitrogens with zero attached hydrogens (tertiary/aromatic N) is 1. The minimum Gasteiger partial charge on any atom is -0.489 e. The minimum absolute atomic E-state index is 0.146. The van der Waals surface area contributed by atoms with E-state index in [1.54, 1.807) is 21.0 Å². The van der Waals surface area contributed by atoms with Gasteiger partial charge in [0.1, 0.15) is 29.2 Å². The highest BCUT2D eigenvalue weighted by molar-refractivity contribution is 5.79. The van der Waals surface area contributed by atoms with E-state index >= 15 is 0 Å². The fraction of sp³-hybridized carbons (Fsp3) is 0.919. The Morgan fingerprint density at radius 2 is 1.63 bits per heavy atom. The topological polar surface area (TPSA) is 148 Å². The van der Waals surface area contributed by atoms with Crippen LogP contribution in [0.4, 0.5) is 0 Å². The Balaban J connectivity index is 1.83. The molecule has 4 heterocycles. The first-order chi connectivity index (χ1) is 22.7. The van der Waals surface area contributed by atoms with Gasteiger partial charge in [-0.2, -0.15) is 0 Å². The largest absolute Gasteiger partial charge is 0.489 e. The van der Waals surface area contributed by atoms with Gasteiger partial charge in [0, 0.05) is 44.2 Å². The number of aliphatic hydroxyl groups excluding tert-OH is 2. The maximum atomic E-state index is 14.2. The van der Waals surface area contributed by atoms with E-state index in [-0.39, 0.29) is 24.2 Å². The van der Waals surface area contributed by atoms with E-state index < -0.39 is 77.6 Å². The SMILES string of the molecule is CC[C@H]1NC(=O)[C@H](C)[C@@H](OC2C[C@@](C)(OC)C[C@H](C)O2)[C@H](C)[C@@H](OC2O[C@H](C)C[C@H](N(C)C)[C@H]2O)[C@@]2(C)CC(C)=C(O2)[C@H](C)[C@@H](O)[C@]1(C)O. The molecule has 12 nitrogen and oxygen atoms in total. The van der Waals surface area contributed by atoms with Crippen LogP contribution in [0, 0.1) is 17.8 Å². The van der Waals surface area contributed by atoms with E-state index in [1.807, 2.05) is 74.4 Å². The molecule has 284 valence electrons. The number of hydrogen-bond acceptors (Lipinski definition) is 11. The number of carbonyl (C=O) groups is 1. The molecule has 0 aromatic heterocycles. The number of nitrogens with one attached hydrogen (secondary N) is 1. The average Bonchev–Trinajstić information content (AvgIpc) is 3.34. The Bertz CT molecular complexity index is 1180. The van der Waals surface area contributed by atoms with E-state index in [9.17, 15) is 20.1 Å². The summed E-state index contributed by atoms with van der Waals surface area (Å²) in [6.07, 6.45) is -3.08. The van der Waals surface area contributed by atoms with Crippen molar-refractivity contribution in [3.63, 3.8) is 0 Å². The van der Waals surface area contributed by atoms with Crippen molar-refractivity contribution in [3.05, 3.63) is 11.3 Å². The number of rotatable bonds is 7. The van der Waals surface area contributed by atoms with Gasteiger partial charge in [0.05, 0.1) is 42.0 Å². The molecule has 0 saturated carbocycles. The quantitative estimate of drug-likeness (QED) is 0.310. The summed E-state index contributed by atoms with van der Waals surface area (Å²) in [5, 5.41) is 38.1. The Morgan fingerprint density at radius 1 is 0.980 bits per heavy atom. The lowest BCUT2D eigenvalue weighted by atomic mass is 9.78. The van der Waals surface area contributed by atoms with Gasteiger partial charge in [0.2, 0.25) is 5.91 Å². The number of carbonyl (C=O) groups excluding carboxylic acids is 1. The Labute approximate surface area is 294 Å². The molecule has 49 heavy (non-hydrogen) atoms. The molecule has 3 saturated heterocycles. The molecule has 16 atom stereocenters. The maximum absolute atomic E-state index is 14.2. The van der Waals surface area contributed by atoms with Gasteiger partial charge in [-0.1, -0.05) is 27.7 Å². The van der Waals surface area contributed by atoms with Crippen LogP contribution < -0.4 is 5.32 Å². The minimum atomic E-state index is -1.68. The molecule has 3 fully saturated rings. The highest BCUT2D eigenvalue weighted by atomic mass is 16.7.